The Kier molecular flexibility index (Phi) is 7.94. The molecule has 0 saturated heterocycles. The van der Waals surface area contributed by atoms with Crippen molar-refractivity contribution in [2.45, 2.75) is 19.4 Å². The Bertz CT molecular complexity index is 294. The molecule has 0 aromatic carbocycles. The van der Waals surface area contributed by atoms with Crippen LogP contribution in [0.25, 0.3) is 0 Å². The lowest BCUT2D eigenvalue weighted by atomic mass is 10.2. The average Bonchev–Trinajstić information content (AvgIpc) is 2.35. The van der Waals surface area contributed by atoms with E-state index in [1.807, 2.05) is 6.92 Å². The SMILES string of the molecule is Cc1nnc(CC(N)C(=O)O)s1.Cl.Cl. The molecule has 0 aliphatic heterocycles. The van der Waals surface area contributed by atoms with E-state index in [2.05, 4.69) is 10.2 Å². The summed E-state index contributed by atoms with van der Waals surface area (Å²) in [5.74, 6) is -1.01. The molecule has 1 atom stereocenters. The third-order valence-electron chi connectivity index (χ3n) is 1.28. The number of hydrogen-bond donors (Lipinski definition) is 2. The summed E-state index contributed by atoms with van der Waals surface area (Å²) in [5.41, 5.74) is 5.30. The molecule has 1 heterocycles. The monoisotopic (exact) mass is 259 g/mol. The summed E-state index contributed by atoms with van der Waals surface area (Å²) in [6, 6.07) is -0.877. The second kappa shape index (κ2) is 6.94. The molecule has 1 unspecified atom stereocenters. The third kappa shape index (κ3) is 4.71. The van der Waals surface area contributed by atoms with Crippen LogP contribution in [0.4, 0.5) is 0 Å². The lowest BCUT2D eigenvalue weighted by molar-refractivity contribution is -0.138. The minimum absolute atomic E-state index is 0. The first-order chi connectivity index (χ1) is 5.59. The van der Waals surface area contributed by atoms with Crippen molar-refractivity contribution in [3.8, 4) is 0 Å². The van der Waals surface area contributed by atoms with Crippen LogP contribution in [0.2, 0.25) is 0 Å². The van der Waals surface area contributed by atoms with E-state index in [-0.39, 0.29) is 31.2 Å². The predicted octanol–water partition coefficient (Wildman–Crippen LogP) is 0.645. The van der Waals surface area contributed by atoms with Gasteiger partial charge >= 0.3 is 5.97 Å². The van der Waals surface area contributed by atoms with Crippen LogP contribution in [0.5, 0.6) is 0 Å². The molecular weight excluding hydrogens is 249 g/mol. The van der Waals surface area contributed by atoms with Gasteiger partial charge in [0, 0.05) is 6.42 Å². The number of carboxylic acid groups (broad SMARTS) is 1. The maximum atomic E-state index is 10.3. The number of aliphatic carboxylic acids is 1. The Morgan fingerprint density at radius 2 is 2.14 bits per heavy atom. The Balaban J connectivity index is 0. The fraction of sp³-hybridized carbons (Fsp3) is 0.500. The zero-order valence-electron chi connectivity index (χ0n) is 7.34. The molecular formula is C6H11Cl2N3O2S. The van der Waals surface area contributed by atoms with Gasteiger partial charge in [-0.3, -0.25) is 4.79 Å². The lowest BCUT2D eigenvalue weighted by Gasteiger charge is -2.00. The highest BCUT2D eigenvalue weighted by molar-refractivity contribution is 7.11. The number of carbonyl (C=O) groups is 1. The molecule has 0 spiro atoms. The van der Waals surface area contributed by atoms with E-state index in [0.29, 0.717) is 5.01 Å². The molecule has 5 nitrogen and oxygen atoms in total. The summed E-state index contributed by atoms with van der Waals surface area (Å²) in [5, 5.41) is 17.5. The second-order valence-electron chi connectivity index (χ2n) is 2.36. The van der Waals surface area contributed by atoms with Crippen LogP contribution < -0.4 is 5.73 Å². The van der Waals surface area contributed by atoms with Crippen molar-refractivity contribution in [3.63, 3.8) is 0 Å². The molecule has 1 aromatic heterocycles. The molecule has 1 rings (SSSR count). The van der Waals surface area contributed by atoms with E-state index in [4.69, 9.17) is 10.8 Å². The molecule has 0 aliphatic rings. The molecule has 14 heavy (non-hydrogen) atoms. The van der Waals surface area contributed by atoms with Gasteiger partial charge in [-0.05, 0) is 6.92 Å². The molecule has 0 amide bonds. The van der Waals surface area contributed by atoms with E-state index in [1.54, 1.807) is 0 Å². The zero-order chi connectivity index (χ0) is 9.14. The highest BCUT2D eigenvalue weighted by Gasteiger charge is 2.14. The van der Waals surface area contributed by atoms with Crippen LogP contribution in [-0.2, 0) is 11.2 Å². The Hall–Kier alpha value is -0.430. The van der Waals surface area contributed by atoms with Gasteiger partial charge in [-0.25, -0.2) is 0 Å². The number of carboxylic acids is 1. The van der Waals surface area contributed by atoms with Gasteiger partial charge in [0.25, 0.3) is 0 Å². The summed E-state index contributed by atoms with van der Waals surface area (Å²) < 4.78 is 0. The highest BCUT2D eigenvalue weighted by atomic mass is 35.5. The van der Waals surface area contributed by atoms with Crippen LogP contribution in [0.3, 0.4) is 0 Å². The van der Waals surface area contributed by atoms with Gasteiger partial charge in [0.1, 0.15) is 16.1 Å². The smallest absolute Gasteiger partial charge is 0.320 e. The van der Waals surface area contributed by atoms with Crippen molar-refractivity contribution in [1.82, 2.24) is 10.2 Å². The first kappa shape index (κ1) is 16.0. The number of aromatic nitrogens is 2. The minimum Gasteiger partial charge on any atom is -0.480 e. The van der Waals surface area contributed by atoms with Crippen molar-refractivity contribution in [1.29, 1.82) is 0 Å². The van der Waals surface area contributed by atoms with Crippen LogP contribution in [-0.4, -0.2) is 27.3 Å². The summed E-state index contributed by atoms with van der Waals surface area (Å²) in [4.78, 5) is 10.3. The molecule has 0 radical (unpaired) electrons. The first-order valence-corrected chi connectivity index (χ1v) is 4.18. The van der Waals surface area contributed by atoms with Crippen molar-refractivity contribution in [2.24, 2.45) is 5.73 Å². The average molecular weight is 260 g/mol. The van der Waals surface area contributed by atoms with Crippen molar-refractivity contribution < 1.29 is 9.90 Å². The molecule has 0 saturated carbocycles. The summed E-state index contributed by atoms with van der Waals surface area (Å²) in [6.07, 6.45) is 0.251. The van der Waals surface area contributed by atoms with Crippen LogP contribution >= 0.6 is 36.2 Å². The Morgan fingerprint density at radius 1 is 1.57 bits per heavy atom. The lowest BCUT2D eigenvalue weighted by Crippen LogP contribution is -2.32. The number of rotatable bonds is 3. The van der Waals surface area contributed by atoms with E-state index >= 15 is 0 Å². The van der Waals surface area contributed by atoms with Gasteiger partial charge in [0.15, 0.2) is 0 Å². The van der Waals surface area contributed by atoms with E-state index in [9.17, 15) is 4.79 Å². The Labute approximate surface area is 97.5 Å². The van der Waals surface area contributed by atoms with Crippen molar-refractivity contribution in [3.05, 3.63) is 10.0 Å². The van der Waals surface area contributed by atoms with E-state index < -0.39 is 12.0 Å². The zero-order valence-corrected chi connectivity index (χ0v) is 9.79. The van der Waals surface area contributed by atoms with Gasteiger partial charge in [-0.15, -0.1) is 46.3 Å². The number of hydrogen-bond acceptors (Lipinski definition) is 5. The van der Waals surface area contributed by atoms with Crippen molar-refractivity contribution in [2.75, 3.05) is 0 Å². The van der Waals surface area contributed by atoms with E-state index in [0.717, 1.165) is 5.01 Å². The Morgan fingerprint density at radius 3 is 2.50 bits per heavy atom. The van der Waals surface area contributed by atoms with Crippen LogP contribution in [0, 0.1) is 6.92 Å². The summed E-state index contributed by atoms with van der Waals surface area (Å²) >= 11 is 1.37. The van der Waals surface area contributed by atoms with Crippen LogP contribution in [0.15, 0.2) is 0 Å². The highest BCUT2D eigenvalue weighted by Crippen LogP contribution is 2.09. The normalized spacial score (nSPS) is 11.0. The standard InChI is InChI=1S/C6H9N3O2S.2ClH/c1-3-8-9-5(12-3)2-4(7)6(10)11;;/h4H,2,7H2,1H3,(H,10,11);2*1H. The molecule has 0 bridgehead atoms. The van der Waals surface area contributed by atoms with E-state index in [1.165, 1.54) is 11.3 Å². The van der Waals surface area contributed by atoms with Gasteiger partial charge in [-0.2, -0.15) is 0 Å². The molecule has 3 N–H and O–H groups in total. The van der Waals surface area contributed by atoms with Crippen LogP contribution in [0.1, 0.15) is 10.0 Å². The minimum atomic E-state index is -1.01. The largest absolute Gasteiger partial charge is 0.480 e. The maximum absolute atomic E-state index is 10.3. The van der Waals surface area contributed by atoms with Gasteiger partial charge in [0.05, 0.1) is 0 Å². The van der Waals surface area contributed by atoms with Gasteiger partial charge < -0.3 is 10.8 Å². The molecule has 82 valence electrons. The maximum Gasteiger partial charge on any atom is 0.320 e. The fourth-order valence-corrected chi connectivity index (χ4v) is 1.46. The number of aryl methyl sites for hydroxylation is 1. The third-order valence-corrected chi connectivity index (χ3v) is 2.14. The molecule has 0 fully saturated rings. The quantitative estimate of drug-likeness (QED) is 0.832. The molecule has 8 heteroatoms. The van der Waals surface area contributed by atoms with Gasteiger partial charge in [-0.1, -0.05) is 0 Å². The predicted molar refractivity (Wildman–Crippen MR) is 58.5 cm³/mol. The topological polar surface area (TPSA) is 89.1 Å². The molecule has 1 aromatic rings. The fourth-order valence-electron chi connectivity index (χ4n) is 0.695. The summed E-state index contributed by atoms with van der Waals surface area (Å²) in [7, 11) is 0. The molecule has 0 aliphatic carbocycles. The van der Waals surface area contributed by atoms with Gasteiger partial charge in [0.2, 0.25) is 0 Å². The summed E-state index contributed by atoms with van der Waals surface area (Å²) in [6.45, 7) is 1.81. The number of nitrogens with two attached hydrogens (primary N) is 1. The second-order valence-corrected chi connectivity index (χ2v) is 3.63. The number of nitrogens with zero attached hydrogens (tertiary/aromatic N) is 2. The first-order valence-electron chi connectivity index (χ1n) is 3.37. The van der Waals surface area contributed by atoms with Crippen molar-refractivity contribution >= 4 is 42.1 Å². The number of halogens is 2.